The molecule has 0 bridgehead atoms. The Bertz CT molecular complexity index is 878. The molecule has 142 valence electrons. The van der Waals surface area contributed by atoms with Crippen molar-refractivity contribution < 1.29 is 19.4 Å². The lowest BCUT2D eigenvalue weighted by Gasteiger charge is -2.22. The SMILES string of the molecule is CC(=O)C[C@]1(O)C(=O)N(Cc2ccc(OC(C)C)cc2)c2ccc(Br)cc21. The number of ether oxygens (including phenoxy) is 1. The van der Waals surface area contributed by atoms with Crippen LogP contribution in [0.1, 0.15) is 38.3 Å². The van der Waals surface area contributed by atoms with E-state index >= 15 is 0 Å². The van der Waals surface area contributed by atoms with E-state index in [0.717, 1.165) is 15.8 Å². The second-order valence-electron chi connectivity index (χ2n) is 7.10. The van der Waals surface area contributed by atoms with Gasteiger partial charge in [-0.15, -0.1) is 0 Å². The third-order valence-electron chi connectivity index (χ3n) is 4.43. The molecule has 0 aromatic heterocycles. The van der Waals surface area contributed by atoms with Crippen LogP contribution in [0.15, 0.2) is 46.9 Å². The predicted octanol–water partition coefficient (Wildman–Crippen LogP) is 3.95. The Kier molecular flexibility index (Phi) is 5.40. The van der Waals surface area contributed by atoms with Crippen LogP contribution in [-0.4, -0.2) is 22.9 Å². The van der Waals surface area contributed by atoms with Gasteiger partial charge in [-0.1, -0.05) is 28.1 Å². The second kappa shape index (κ2) is 7.44. The number of carbonyl (C=O) groups is 2. The van der Waals surface area contributed by atoms with Crippen molar-refractivity contribution in [1.82, 2.24) is 0 Å². The zero-order valence-corrected chi connectivity index (χ0v) is 17.1. The first-order valence-electron chi connectivity index (χ1n) is 8.80. The number of fused-ring (bicyclic) bond motifs is 1. The number of carbonyl (C=O) groups excluding carboxylic acids is 2. The molecule has 0 saturated carbocycles. The fraction of sp³-hybridized carbons (Fsp3) is 0.333. The highest BCUT2D eigenvalue weighted by molar-refractivity contribution is 9.10. The molecule has 1 aliphatic rings. The Hall–Kier alpha value is -2.18. The van der Waals surface area contributed by atoms with Crippen molar-refractivity contribution in [3.8, 4) is 5.75 Å². The molecule has 1 N–H and O–H groups in total. The van der Waals surface area contributed by atoms with E-state index in [0.29, 0.717) is 17.8 Å². The number of amides is 1. The van der Waals surface area contributed by atoms with Gasteiger partial charge in [0.25, 0.3) is 5.91 Å². The molecule has 1 aliphatic heterocycles. The number of hydrogen-bond donors (Lipinski definition) is 1. The minimum Gasteiger partial charge on any atom is -0.491 e. The Labute approximate surface area is 167 Å². The Balaban J connectivity index is 1.92. The maximum atomic E-state index is 13.0. The summed E-state index contributed by atoms with van der Waals surface area (Å²) in [5.41, 5.74) is 0.151. The van der Waals surface area contributed by atoms with Crippen LogP contribution in [0, 0.1) is 0 Å². The molecule has 0 spiro atoms. The number of Topliss-reactive ketones (excluding diaryl/α,β-unsaturated/α-hetero) is 1. The molecule has 0 radical (unpaired) electrons. The quantitative estimate of drug-likeness (QED) is 0.751. The van der Waals surface area contributed by atoms with Gasteiger partial charge in [0.15, 0.2) is 5.60 Å². The first kappa shape index (κ1) is 19.6. The molecule has 2 aromatic rings. The second-order valence-corrected chi connectivity index (χ2v) is 8.02. The van der Waals surface area contributed by atoms with Crippen LogP contribution >= 0.6 is 15.9 Å². The average molecular weight is 432 g/mol. The van der Waals surface area contributed by atoms with Crippen molar-refractivity contribution in [1.29, 1.82) is 0 Å². The molecule has 0 fully saturated rings. The molecule has 0 unspecified atom stereocenters. The van der Waals surface area contributed by atoms with Crippen LogP contribution < -0.4 is 9.64 Å². The summed E-state index contributed by atoms with van der Waals surface area (Å²) in [5, 5.41) is 11.0. The molecule has 3 rings (SSSR count). The summed E-state index contributed by atoms with van der Waals surface area (Å²) in [4.78, 5) is 26.2. The van der Waals surface area contributed by atoms with Crippen LogP contribution in [0.25, 0.3) is 0 Å². The molecular weight excluding hydrogens is 410 g/mol. The smallest absolute Gasteiger partial charge is 0.264 e. The van der Waals surface area contributed by atoms with E-state index in [9.17, 15) is 14.7 Å². The molecule has 5 nitrogen and oxygen atoms in total. The zero-order chi connectivity index (χ0) is 19.8. The van der Waals surface area contributed by atoms with Crippen molar-refractivity contribution in [2.75, 3.05) is 4.90 Å². The van der Waals surface area contributed by atoms with E-state index in [-0.39, 0.29) is 18.3 Å². The minimum atomic E-state index is -1.83. The zero-order valence-electron chi connectivity index (χ0n) is 15.5. The lowest BCUT2D eigenvalue weighted by atomic mass is 9.90. The minimum absolute atomic E-state index is 0.0860. The van der Waals surface area contributed by atoms with E-state index in [1.54, 1.807) is 12.1 Å². The Morgan fingerprint density at radius 1 is 1.22 bits per heavy atom. The van der Waals surface area contributed by atoms with Gasteiger partial charge in [-0.05, 0) is 56.7 Å². The van der Waals surface area contributed by atoms with Gasteiger partial charge in [-0.2, -0.15) is 0 Å². The van der Waals surface area contributed by atoms with Gasteiger partial charge in [0.1, 0.15) is 11.5 Å². The maximum absolute atomic E-state index is 13.0. The number of halogens is 1. The van der Waals surface area contributed by atoms with Gasteiger partial charge in [0.2, 0.25) is 0 Å². The number of ketones is 1. The summed E-state index contributed by atoms with van der Waals surface area (Å²) in [6.45, 7) is 5.60. The molecule has 6 heteroatoms. The van der Waals surface area contributed by atoms with Crippen molar-refractivity contribution in [2.45, 2.75) is 45.4 Å². The highest BCUT2D eigenvalue weighted by Gasteiger charge is 2.50. The molecule has 1 heterocycles. The number of hydrogen-bond acceptors (Lipinski definition) is 4. The molecular formula is C21H22BrNO4. The predicted molar refractivity (Wildman–Crippen MR) is 107 cm³/mol. The third kappa shape index (κ3) is 3.92. The summed E-state index contributed by atoms with van der Waals surface area (Å²) < 4.78 is 6.39. The van der Waals surface area contributed by atoms with Gasteiger partial charge in [-0.3, -0.25) is 9.59 Å². The van der Waals surface area contributed by atoms with Crippen molar-refractivity contribution in [3.05, 3.63) is 58.1 Å². The lowest BCUT2D eigenvalue weighted by molar-refractivity contribution is -0.141. The number of aliphatic hydroxyl groups is 1. The van der Waals surface area contributed by atoms with E-state index < -0.39 is 11.5 Å². The number of anilines is 1. The van der Waals surface area contributed by atoms with Gasteiger partial charge in [0, 0.05) is 16.5 Å². The number of nitrogens with zero attached hydrogens (tertiary/aromatic N) is 1. The van der Waals surface area contributed by atoms with Crippen molar-refractivity contribution >= 4 is 33.3 Å². The molecule has 1 amide bonds. The van der Waals surface area contributed by atoms with Crippen molar-refractivity contribution in [3.63, 3.8) is 0 Å². The molecule has 0 saturated heterocycles. The van der Waals surface area contributed by atoms with Crippen LogP contribution in [0.4, 0.5) is 5.69 Å². The first-order valence-corrected chi connectivity index (χ1v) is 9.59. The molecule has 27 heavy (non-hydrogen) atoms. The van der Waals surface area contributed by atoms with Gasteiger partial charge < -0.3 is 14.7 Å². The normalized spacial score (nSPS) is 18.7. The standard InChI is InChI=1S/C21H22BrNO4/c1-13(2)27-17-7-4-15(5-8-17)12-23-19-9-6-16(22)10-18(19)21(26,20(23)25)11-14(3)24/h4-10,13,26H,11-12H2,1-3H3/t21-/m1/s1. The lowest BCUT2D eigenvalue weighted by Crippen LogP contribution is -2.41. The fourth-order valence-corrected chi connectivity index (χ4v) is 3.70. The fourth-order valence-electron chi connectivity index (χ4n) is 3.34. The maximum Gasteiger partial charge on any atom is 0.264 e. The average Bonchev–Trinajstić information content (AvgIpc) is 2.77. The number of benzene rings is 2. The highest BCUT2D eigenvalue weighted by Crippen LogP contribution is 2.44. The van der Waals surface area contributed by atoms with Gasteiger partial charge in [-0.25, -0.2) is 0 Å². The molecule has 0 aliphatic carbocycles. The van der Waals surface area contributed by atoms with Crippen LogP contribution in [0.3, 0.4) is 0 Å². The summed E-state index contributed by atoms with van der Waals surface area (Å²) in [6.07, 6.45) is -0.157. The Morgan fingerprint density at radius 2 is 1.89 bits per heavy atom. The summed E-state index contributed by atoms with van der Waals surface area (Å²) >= 11 is 3.38. The van der Waals surface area contributed by atoms with E-state index in [1.165, 1.54) is 11.8 Å². The first-order chi connectivity index (χ1) is 12.7. The summed E-state index contributed by atoms with van der Waals surface area (Å²) in [5.74, 6) is 0.0426. The molecule has 1 atom stereocenters. The third-order valence-corrected chi connectivity index (χ3v) is 4.93. The largest absolute Gasteiger partial charge is 0.491 e. The van der Waals surface area contributed by atoms with Crippen molar-refractivity contribution in [2.24, 2.45) is 0 Å². The monoisotopic (exact) mass is 431 g/mol. The van der Waals surface area contributed by atoms with Crippen LogP contribution in [-0.2, 0) is 21.7 Å². The van der Waals surface area contributed by atoms with E-state index in [4.69, 9.17) is 4.74 Å². The highest BCUT2D eigenvalue weighted by atomic mass is 79.9. The topological polar surface area (TPSA) is 66.8 Å². The Morgan fingerprint density at radius 3 is 2.48 bits per heavy atom. The van der Waals surface area contributed by atoms with E-state index in [2.05, 4.69) is 15.9 Å². The number of rotatable bonds is 6. The summed E-state index contributed by atoms with van der Waals surface area (Å²) in [7, 11) is 0. The van der Waals surface area contributed by atoms with E-state index in [1.807, 2.05) is 44.2 Å². The molecule has 2 aromatic carbocycles. The summed E-state index contributed by atoms with van der Waals surface area (Å²) in [6, 6.07) is 12.8. The van der Waals surface area contributed by atoms with Crippen LogP contribution in [0.2, 0.25) is 0 Å². The van der Waals surface area contributed by atoms with Gasteiger partial charge in [0.05, 0.1) is 18.3 Å². The van der Waals surface area contributed by atoms with Crippen LogP contribution in [0.5, 0.6) is 5.75 Å². The van der Waals surface area contributed by atoms with Gasteiger partial charge >= 0.3 is 0 Å².